The van der Waals surface area contributed by atoms with Crippen molar-refractivity contribution in [3.63, 3.8) is 0 Å². The van der Waals surface area contributed by atoms with Gasteiger partial charge in [0, 0.05) is 28.6 Å². The van der Waals surface area contributed by atoms with Gasteiger partial charge in [0.2, 0.25) is 11.8 Å². The number of carbonyl (C=O) groups is 2. The lowest BCUT2D eigenvalue weighted by molar-refractivity contribution is -0.124. The van der Waals surface area contributed by atoms with E-state index < -0.39 is 0 Å². The molecule has 0 atom stereocenters. The fourth-order valence-electron chi connectivity index (χ4n) is 3.52. The van der Waals surface area contributed by atoms with Crippen LogP contribution >= 0.6 is 0 Å². The van der Waals surface area contributed by atoms with Crippen LogP contribution in [0.5, 0.6) is 0 Å². The highest BCUT2D eigenvalue weighted by molar-refractivity contribution is 5.96. The number of carbonyl (C=O) groups excluding carboxylic acids is 2. The molecule has 0 aromatic heterocycles. The van der Waals surface area contributed by atoms with Crippen LogP contribution in [0.3, 0.4) is 0 Å². The van der Waals surface area contributed by atoms with Crippen molar-refractivity contribution in [2.45, 2.75) is 67.2 Å². The summed E-state index contributed by atoms with van der Waals surface area (Å²) in [6, 6.07) is 8.02. The summed E-state index contributed by atoms with van der Waals surface area (Å²) < 4.78 is 0. The molecule has 0 spiro atoms. The predicted octanol–water partition coefficient (Wildman–Crippen LogP) is 5.93. The number of hydrogen-bond donors (Lipinski definition) is 2. The van der Waals surface area contributed by atoms with Crippen LogP contribution in [0.1, 0.15) is 66.4 Å². The topological polar surface area (TPSA) is 58.2 Å². The van der Waals surface area contributed by atoms with Crippen LogP contribution in [-0.2, 0) is 16.0 Å². The Hall–Kier alpha value is -2.62. The number of amides is 2. The molecule has 30 heavy (non-hydrogen) atoms. The summed E-state index contributed by atoms with van der Waals surface area (Å²) in [6.45, 7) is 12.3. The number of nitrogens with one attached hydrogen (secondary N) is 2. The van der Waals surface area contributed by atoms with Gasteiger partial charge in [0.05, 0.1) is 0 Å². The molecule has 0 radical (unpaired) electrons. The summed E-state index contributed by atoms with van der Waals surface area (Å²) in [5.41, 5.74) is 4.23. The maximum Gasteiger partial charge on any atom is 0.230 e. The zero-order valence-electron chi connectivity index (χ0n) is 19.3. The lowest BCUT2D eigenvalue weighted by atomic mass is 9.87. The zero-order valence-corrected chi connectivity index (χ0v) is 19.3. The van der Waals surface area contributed by atoms with E-state index >= 15 is 0 Å². The Bertz CT molecular complexity index is 873. The fourth-order valence-corrected chi connectivity index (χ4v) is 3.52. The van der Waals surface area contributed by atoms with E-state index in [0.29, 0.717) is 6.42 Å². The molecule has 2 heterocycles. The van der Waals surface area contributed by atoms with Gasteiger partial charge in [0.15, 0.2) is 0 Å². The van der Waals surface area contributed by atoms with Crippen LogP contribution < -0.4 is 10.6 Å². The van der Waals surface area contributed by atoms with Crippen LogP contribution in [0, 0.1) is 10.8 Å². The number of anilines is 1. The average molecular weight is 409 g/mol. The Morgan fingerprint density at radius 2 is 1.60 bits per heavy atom. The van der Waals surface area contributed by atoms with Gasteiger partial charge in [-0.3, -0.25) is 9.59 Å². The van der Waals surface area contributed by atoms with Crippen LogP contribution in [0.15, 0.2) is 59.8 Å². The molecular formula is C26H36N2O2. The second-order valence-electron chi connectivity index (χ2n) is 8.97. The molecule has 1 aliphatic carbocycles. The maximum atomic E-state index is 11.8. The molecule has 2 N–H and O–H groups in total. The van der Waals surface area contributed by atoms with E-state index in [-0.39, 0.29) is 22.6 Å². The van der Waals surface area contributed by atoms with Gasteiger partial charge in [0.1, 0.15) is 0 Å². The van der Waals surface area contributed by atoms with Gasteiger partial charge in [-0.15, -0.1) is 0 Å². The summed E-state index contributed by atoms with van der Waals surface area (Å²) in [5, 5.41) is 5.90. The van der Waals surface area contributed by atoms with Crippen LogP contribution in [0.2, 0.25) is 0 Å². The maximum absolute atomic E-state index is 11.8. The van der Waals surface area contributed by atoms with Crippen molar-refractivity contribution < 1.29 is 9.59 Å². The first-order chi connectivity index (χ1) is 14.2. The van der Waals surface area contributed by atoms with Crippen molar-refractivity contribution in [1.29, 1.82) is 0 Å². The number of aryl methyl sites for hydroxylation is 1. The molecule has 4 heteroatoms. The molecule has 2 aliphatic heterocycles. The Morgan fingerprint density at radius 3 is 2.33 bits per heavy atom. The van der Waals surface area contributed by atoms with Gasteiger partial charge in [-0.25, -0.2) is 0 Å². The first-order valence-corrected chi connectivity index (χ1v) is 11.0. The minimum absolute atomic E-state index is 0.0260. The van der Waals surface area contributed by atoms with Gasteiger partial charge in [-0.2, -0.15) is 0 Å². The van der Waals surface area contributed by atoms with E-state index in [1.807, 2.05) is 45.9 Å². The Labute approximate surface area is 181 Å². The lowest BCUT2D eigenvalue weighted by Gasteiger charge is -2.21. The van der Waals surface area contributed by atoms with Crippen molar-refractivity contribution in [2.24, 2.45) is 10.8 Å². The smallest absolute Gasteiger partial charge is 0.230 e. The molecule has 162 valence electrons. The number of fused-ring (bicyclic) bond motifs is 2. The SMILES string of the molecule is CC.CC1(C)C=CC=C2CCC(=O)NC2=C1.CC1(C)CCc2ccccc2NC1=O. The van der Waals surface area contributed by atoms with Gasteiger partial charge in [-0.1, -0.05) is 84.0 Å². The highest BCUT2D eigenvalue weighted by Crippen LogP contribution is 2.31. The van der Waals surface area contributed by atoms with Crippen molar-refractivity contribution >= 4 is 17.5 Å². The number of rotatable bonds is 0. The first-order valence-electron chi connectivity index (χ1n) is 11.0. The highest BCUT2D eigenvalue weighted by Gasteiger charge is 2.30. The van der Waals surface area contributed by atoms with E-state index in [0.717, 1.165) is 30.6 Å². The minimum atomic E-state index is -0.251. The van der Waals surface area contributed by atoms with Gasteiger partial charge in [0.25, 0.3) is 0 Å². The Kier molecular flexibility index (Phi) is 7.83. The molecule has 0 bridgehead atoms. The average Bonchev–Trinajstić information content (AvgIpc) is 2.92. The lowest BCUT2D eigenvalue weighted by Crippen LogP contribution is -2.29. The van der Waals surface area contributed by atoms with Crippen LogP contribution in [0.25, 0.3) is 0 Å². The third kappa shape index (κ3) is 6.19. The number of benzene rings is 1. The van der Waals surface area contributed by atoms with Gasteiger partial charge < -0.3 is 10.6 Å². The van der Waals surface area contributed by atoms with Crippen LogP contribution in [0.4, 0.5) is 5.69 Å². The molecule has 0 saturated carbocycles. The summed E-state index contributed by atoms with van der Waals surface area (Å²) in [6.07, 6.45) is 11.8. The summed E-state index contributed by atoms with van der Waals surface area (Å²) in [4.78, 5) is 23.0. The molecule has 0 unspecified atom stereocenters. The molecular weight excluding hydrogens is 372 g/mol. The second-order valence-corrected chi connectivity index (χ2v) is 8.97. The van der Waals surface area contributed by atoms with Crippen molar-refractivity contribution in [3.8, 4) is 0 Å². The second kappa shape index (κ2) is 9.92. The van der Waals surface area contributed by atoms with E-state index in [9.17, 15) is 9.59 Å². The van der Waals surface area contributed by atoms with E-state index in [4.69, 9.17) is 0 Å². The number of piperidine rings is 1. The molecule has 1 aromatic carbocycles. The van der Waals surface area contributed by atoms with Crippen molar-refractivity contribution in [1.82, 2.24) is 5.32 Å². The van der Waals surface area contributed by atoms with Gasteiger partial charge in [-0.05, 0) is 36.5 Å². The molecule has 2 amide bonds. The fraction of sp³-hybridized carbons (Fsp3) is 0.462. The molecule has 4 rings (SSSR count). The van der Waals surface area contributed by atoms with E-state index in [1.54, 1.807) is 0 Å². The predicted molar refractivity (Wildman–Crippen MR) is 125 cm³/mol. The van der Waals surface area contributed by atoms with Crippen molar-refractivity contribution in [2.75, 3.05) is 5.32 Å². The van der Waals surface area contributed by atoms with E-state index in [2.05, 4.69) is 54.9 Å². The molecule has 1 aromatic rings. The summed E-state index contributed by atoms with van der Waals surface area (Å²) >= 11 is 0. The van der Waals surface area contributed by atoms with E-state index in [1.165, 1.54) is 11.1 Å². The Morgan fingerprint density at radius 1 is 0.900 bits per heavy atom. The summed E-state index contributed by atoms with van der Waals surface area (Å²) in [7, 11) is 0. The zero-order chi connectivity index (χ0) is 22.4. The van der Waals surface area contributed by atoms with Crippen LogP contribution in [-0.4, -0.2) is 11.8 Å². The van der Waals surface area contributed by atoms with Gasteiger partial charge >= 0.3 is 0 Å². The van der Waals surface area contributed by atoms with Crippen molar-refractivity contribution in [3.05, 3.63) is 65.4 Å². The molecule has 4 nitrogen and oxygen atoms in total. The summed E-state index contributed by atoms with van der Waals surface area (Å²) in [5.74, 6) is 0.258. The molecule has 3 aliphatic rings. The number of para-hydroxylation sites is 1. The largest absolute Gasteiger partial charge is 0.326 e. The number of hydrogen-bond acceptors (Lipinski definition) is 2. The normalized spacial score (nSPS) is 20.6. The highest BCUT2D eigenvalue weighted by atomic mass is 16.2. The third-order valence-corrected chi connectivity index (χ3v) is 5.48. The number of allylic oxidation sites excluding steroid dienone is 5. The quantitative estimate of drug-likeness (QED) is 0.559. The Balaban J connectivity index is 0.000000197. The molecule has 1 fully saturated rings. The standard InChI is InChI=1S/2C12H15NO.C2H6/c1-12(2)7-3-4-9-5-6-11(14)13-10(9)8-12;1-12(2)8-7-9-5-3-4-6-10(9)13-11(12)14;1-2/h3-4,7-8H,5-6H2,1-2H3,(H,13,14);3-6H,7-8H2,1-2H3,(H,13,14);1-2H3. The third-order valence-electron chi connectivity index (χ3n) is 5.48. The first kappa shape index (κ1) is 23.7. The monoisotopic (exact) mass is 408 g/mol. The minimum Gasteiger partial charge on any atom is -0.326 e. The molecule has 1 saturated heterocycles.